The Balaban J connectivity index is 1.74. The van der Waals surface area contributed by atoms with E-state index in [9.17, 15) is 10.1 Å². The fourth-order valence-electron chi connectivity index (χ4n) is 3.34. The first-order chi connectivity index (χ1) is 13.6. The summed E-state index contributed by atoms with van der Waals surface area (Å²) in [5.74, 6) is 2.05. The van der Waals surface area contributed by atoms with E-state index in [-0.39, 0.29) is 11.5 Å². The lowest BCUT2D eigenvalue weighted by Crippen LogP contribution is -2.31. The molecule has 9 heteroatoms. The largest absolute Gasteiger partial charge is 0.497 e. The minimum absolute atomic E-state index is 0.0624. The van der Waals surface area contributed by atoms with Crippen LogP contribution in [-0.4, -0.2) is 48.7 Å². The number of anilines is 2. The van der Waals surface area contributed by atoms with Crippen LogP contribution in [0, 0.1) is 10.1 Å². The fourth-order valence-corrected chi connectivity index (χ4v) is 3.34. The number of benzene rings is 1. The van der Waals surface area contributed by atoms with Crippen LogP contribution in [0.2, 0.25) is 0 Å². The topological polar surface area (TPSA) is 103 Å². The molecule has 1 aliphatic rings. The number of rotatable bonds is 8. The molecule has 9 nitrogen and oxygen atoms in total. The van der Waals surface area contributed by atoms with Crippen LogP contribution in [0.1, 0.15) is 24.8 Å². The van der Waals surface area contributed by atoms with E-state index in [0.29, 0.717) is 30.3 Å². The molecule has 0 saturated carbocycles. The summed E-state index contributed by atoms with van der Waals surface area (Å²) >= 11 is 0. The molecule has 28 heavy (non-hydrogen) atoms. The average molecular weight is 387 g/mol. The average Bonchev–Trinajstić information content (AvgIpc) is 2.73. The Morgan fingerprint density at radius 1 is 1.11 bits per heavy atom. The summed E-state index contributed by atoms with van der Waals surface area (Å²) in [6.07, 6.45) is 5.19. The summed E-state index contributed by atoms with van der Waals surface area (Å²) in [4.78, 5) is 21.6. The Morgan fingerprint density at radius 2 is 1.79 bits per heavy atom. The molecular weight excluding hydrogens is 362 g/mol. The van der Waals surface area contributed by atoms with Crippen LogP contribution in [0.15, 0.2) is 24.5 Å². The first-order valence-electron chi connectivity index (χ1n) is 9.32. The second-order valence-corrected chi connectivity index (χ2v) is 6.60. The number of methoxy groups -OCH3 is 2. The van der Waals surface area contributed by atoms with Gasteiger partial charge in [0, 0.05) is 25.7 Å². The van der Waals surface area contributed by atoms with Crippen molar-refractivity contribution in [2.24, 2.45) is 0 Å². The molecule has 0 spiro atoms. The molecule has 0 amide bonds. The zero-order valence-electron chi connectivity index (χ0n) is 16.2. The van der Waals surface area contributed by atoms with Crippen LogP contribution in [-0.2, 0) is 6.42 Å². The number of piperidine rings is 1. The maximum Gasteiger partial charge on any atom is 0.353 e. The molecule has 0 bridgehead atoms. The highest BCUT2D eigenvalue weighted by atomic mass is 16.6. The lowest BCUT2D eigenvalue weighted by molar-refractivity contribution is -0.383. The van der Waals surface area contributed by atoms with Crippen molar-refractivity contribution in [3.05, 3.63) is 40.2 Å². The van der Waals surface area contributed by atoms with E-state index < -0.39 is 4.92 Å². The van der Waals surface area contributed by atoms with Crippen molar-refractivity contribution in [3.63, 3.8) is 0 Å². The highest BCUT2D eigenvalue weighted by molar-refractivity contribution is 5.70. The van der Waals surface area contributed by atoms with Crippen LogP contribution in [0.4, 0.5) is 17.3 Å². The first kappa shape index (κ1) is 19.7. The molecule has 1 fully saturated rings. The summed E-state index contributed by atoms with van der Waals surface area (Å²) in [7, 11) is 3.20. The minimum Gasteiger partial charge on any atom is -0.497 e. The molecule has 1 saturated heterocycles. The minimum atomic E-state index is -0.402. The van der Waals surface area contributed by atoms with E-state index in [2.05, 4.69) is 15.3 Å². The number of ether oxygens (including phenoxy) is 2. The number of nitrogens with zero attached hydrogens (tertiary/aromatic N) is 4. The van der Waals surface area contributed by atoms with Crippen molar-refractivity contribution in [2.75, 3.05) is 44.1 Å². The van der Waals surface area contributed by atoms with Gasteiger partial charge in [0.2, 0.25) is 11.6 Å². The molecule has 0 radical (unpaired) electrons. The molecule has 0 aliphatic carbocycles. The van der Waals surface area contributed by atoms with Gasteiger partial charge in [0.15, 0.2) is 0 Å². The summed E-state index contributed by atoms with van der Waals surface area (Å²) in [6, 6.07) is 5.63. The van der Waals surface area contributed by atoms with Crippen LogP contribution in [0.5, 0.6) is 11.5 Å². The summed E-state index contributed by atoms with van der Waals surface area (Å²) in [5.41, 5.74) is 0.935. The normalized spacial score (nSPS) is 13.9. The van der Waals surface area contributed by atoms with Crippen molar-refractivity contribution < 1.29 is 14.4 Å². The molecule has 1 aromatic heterocycles. The Kier molecular flexibility index (Phi) is 6.46. The quantitative estimate of drug-likeness (QED) is 0.545. The standard InChI is InChI=1S/C19H25N5O4/c1-27-15-10-14(11-16(12-15)28-2)6-7-20-18-17(24(25)26)19(22-13-21-18)23-8-4-3-5-9-23/h10-13H,3-9H2,1-2H3,(H,20,21,22). The van der Waals surface area contributed by atoms with Crippen molar-refractivity contribution in [1.29, 1.82) is 0 Å². The van der Waals surface area contributed by atoms with Crippen molar-refractivity contribution in [2.45, 2.75) is 25.7 Å². The van der Waals surface area contributed by atoms with Crippen molar-refractivity contribution >= 4 is 17.3 Å². The van der Waals surface area contributed by atoms with Gasteiger partial charge in [-0.3, -0.25) is 10.1 Å². The second kappa shape index (κ2) is 9.20. The Labute approximate surface area is 163 Å². The molecule has 1 aliphatic heterocycles. The van der Waals surface area contributed by atoms with E-state index >= 15 is 0 Å². The Bertz CT molecular complexity index is 802. The molecule has 0 atom stereocenters. The van der Waals surface area contributed by atoms with Gasteiger partial charge in [-0.05, 0) is 43.4 Å². The Hall–Kier alpha value is -3.10. The molecule has 1 N–H and O–H groups in total. The summed E-state index contributed by atoms with van der Waals surface area (Å²) in [5, 5.41) is 14.8. The highest BCUT2D eigenvalue weighted by Crippen LogP contribution is 2.33. The van der Waals surface area contributed by atoms with Gasteiger partial charge in [0.1, 0.15) is 17.8 Å². The van der Waals surface area contributed by atoms with Crippen LogP contribution < -0.4 is 19.7 Å². The number of nitro groups is 1. The molecular formula is C19H25N5O4. The van der Waals surface area contributed by atoms with Gasteiger partial charge in [0.05, 0.1) is 19.1 Å². The van der Waals surface area contributed by atoms with Gasteiger partial charge in [-0.15, -0.1) is 0 Å². The molecule has 3 rings (SSSR count). The second-order valence-electron chi connectivity index (χ2n) is 6.60. The van der Waals surface area contributed by atoms with E-state index in [1.807, 2.05) is 17.0 Å². The Morgan fingerprint density at radius 3 is 2.39 bits per heavy atom. The lowest BCUT2D eigenvalue weighted by atomic mass is 10.1. The van der Waals surface area contributed by atoms with Gasteiger partial charge < -0.3 is 19.7 Å². The molecule has 2 aromatic rings. The zero-order chi connectivity index (χ0) is 19.9. The maximum atomic E-state index is 11.7. The predicted octanol–water partition coefficient (Wildman–Crippen LogP) is 3.05. The lowest BCUT2D eigenvalue weighted by Gasteiger charge is -2.27. The number of hydrogen-bond donors (Lipinski definition) is 1. The van der Waals surface area contributed by atoms with Crippen LogP contribution >= 0.6 is 0 Å². The van der Waals surface area contributed by atoms with E-state index in [4.69, 9.17) is 9.47 Å². The third kappa shape index (κ3) is 4.59. The maximum absolute atomic E-state index is 11.7. The first-order valence-corrected chi connectivity index (χ1v) is 9.32. The monoisotopic (exact) mass is 387 g/mol. The van der Waals surface area contributed by atoms with Gasteiger partial charge in [-0.1, -0.05) is 0 Å². The van der Waals surface area contributed by atoms with Gasteiger partial charge in [-0.2, -0.15) is 0 Å². The molecule has 2 heterocycles. The smallest absolute Gasteiger partial charge is 0.353 e. The number of aromatic nitrogens is 2. The van der Waals surface area contributed by atoms with Gasteiger partial charge in [-0.25, -0.2) is 9.97 Å². The van der Waals surface area contributed by atoms with E-state index in [1.165, 1.54) is 6.33 Å². The van der Waals surface area contributed by atoms with Gasteiger partial charge >= 0.3 is 5.69 Å². The highest BCUT2D eigenvalue weighted by Gasteiger charge is 2.27. The van der Waals surface area contributed by atoms with Gasteiger partial charge in [0.25, 0.3) is 0 Å². The third-order valence-electron chi connectivity index (χ3n) is 4.76. The predicted molar refractivity (Wildman–Crippen MR) is 106 cm³/mol. The molecule has 1 aromatic carbocycles. The van der Waals surface area contributed by atoms with Crippen LogP contribution in [0.25, 0.3) is 0 Å². The van der Waals surface area contributed by atoms with Crippen molar-refractivity contribution in [3.8, 4) is 11.5 Å². The third-order valence-corrected chi connectivity index (χ3v) is 4.76. The number of hydrogen-bond acceptors (Lipinski definition) is 8. The van der Waals surface area contributed by atoms with E-state index in [0.717, 1.165) is 37.9 Å². The zero-order valence-corrected chi connectivity index (χ0v) is 16.2. The van der Waals surface area contributed by atoms with E-state index in [1.54, 1.807) is 20.3 Å². The number of nitrogens with one attached hydrogen (secondary N) is 1. The summed E-state index contributed by atoms with van der Waals surface area (Å²) < 4.78 is 10.6. The van der Waals surface area contributed by atoms with Crippen molar-refractivity contribution in [1.82, 2.24) is 9.97 Å². The molecule has 0 unspecified atom stereocenters. The fraction of sp³-hybridized carbons (Fsp3) is 0.474. The van der Waals surface area contributed by atoms with Crippen LogP contribution in [0.3, 0.4) is 0 Å². The SMILES string of the molecule is COc1cc(CCNc2ncnc(N3CCCCC3)c2[N+](=O)[O-])cc(OC)c1. The molecule has 150 valence electrons. The summed E-state index contributed by atoms with van der Waals surface area (Å²) in [6.45, 7) is 2.04.